The number of ether oxygens (including phenoxy) is 1. The lowest BCUT2D eigenvalue weighted by Crippen LogP contribution is -2.38. The first-order valence-electron chi connectivity index (χ1n) is 8.23. The number of aromatic nitrogens is 1. The maximum atomic E-state index is 13.1. The van der Waals surface area contributed by atoms with Gasteiger partial charge in [-0.1, -0.05) is 13.8 Å². The molecule has 0 N–H and O–H groups in total. The van der Waals surface area contributed by atoms with Crippen LogP contribution in [0.3, 0.4) is 0 Å². The number of rotatable bonds is 5. The van der Waals surface area contributed by atoms with E-state index in [0.717, 1.165) is 11.3 Å². The van der Waals surface area contributed by atoms with Gasteiger partial charge in [0.05, 0.1) is 12.7 Å². The first kappa shape index (κ1) is 18.7. The summed E-state index contributed by atoms with van der Waals surface area (Å²) >= 11 is 0. The molecule has 6 heteroatoms. The van der Waals surface area contributed by atoms with Crippen molar-refractivity contribution in [3.63, 3.8) is 0 Å². The lowest BCUT2D eigenvalue weighted by atomic mass is 10.1. The Morgan fingerprint density at radius 3 is 2.40 bits per heavy atom. The number of hydrogen-bond donors (Lipinski definition) is 0. The Morgan fingerprint density at radius 2 is 1.88 bits per heavy atom. The smallest absolute Gasteiger partial charge is 0.337 e. The standard InChI is InChI=1S/C19H24N2O4/c1-11(2)17-16(20-10-25-17)18(22)21(12(3)4)15-8-7-14(9-13(15)5)19(23)24-6/h7-12H,1-6H3. The Kier molecular flexibility index (Phi) is 5.62. The summed E-state index contributed by atoms with van der Waals surface area (Å²) in [6.07, 6.45) is 1.30. The van der Waals surface area contributed by atoms with Gasteiger partial charge in [0.1, 0.15) is 5.76 Å². The van der Waals surface area contributed by atoms with E-state index < -0.39 is 5.97 Å². The quantitative estimate of drug-likeness (QED) is 0.768. The molecule has 1 heterocycles. The number of methoxy groups -OCH3 is 1. The molecule has 0 fully saturated rings. The van der Waals surface area contributed by atoms with E-state index in [2.05, 4.69) is 4.98 Å². The minimum absolute atomic E-state index is 0.0539. The zero-order valence-electron chi connectivity index (χ0n) is 15.5. The lowest BCUT2D eigenvalue weighted by molar-refractivity contribution is 0.0600. The van der Waals surface area contributed by atoms with Gasteiger partial charge in [0.2, 0.25) is 0 Å². The van der Waals surface area contributed by atoms with Crippen molar-refractivity contribution >= 4 is 17.6 Å². The predicted octanol–water partition coefficient (Wildman–Crippen LogP) is 3.95. The van der Waals surface area contributed by atoms with Crippen molar-refractivity contribution in [3.05, 3.63) is 47.2 Å². The number of oxazole rings is 1. The van der Waals surface area contributed by atoms with Crippen molar-refractivity contribution in [1.82, 2.24) is 4.98 Å². The topological polar surface area (TPSA) is 72.6 Å². The second-order valence-corrected chi connectivity index (χ2v) is 6.48. The molecule has 0 saturated carbocycles. The highest BCUT2D eigenvalue weighted by atomic mass is 16.5. The zero-order valence-corrected chi connectivity index (χ0v) is 15.5. The molecule has 0 aliphatic heterocycles. The van der Waals surface area contributed by atoms with Gasteiger partial charge in [0.15, 0.2) is 12.1 Å². The monoisotopic (exact) mass is 344 g/mol. The summed E-state index contributed by atoms with van der Waals surface area (Å²) in [5.41, 5.74) is 2.30. The third-order valence-corrected chi connectivity index (χ3v) is 3.93. The molecule has 0 unspecified atom stereocenters. The van der Waals surface area contributed by atoms with Crippen molar-refractivity contribution in [2.24, 2.45) is 0 Å². The second kappa shape index (κ2) is 7.51. The van der Waals surface area contributed by atoms with E-state index in [4.69, 9.17) is 9.15 Å². The summed E-state index contributed by atoms with van der Waals surface area (Å²) < 4.78 is 10.1. The van der Waals surface area contributed by atoms with Gasteiger partial charge >= 0.3 is 5.97 Å². The van der Waals surface area contributed by atoms with E-state index in [1.165, 1.54) is 13.5 Å². The highest BCUT2D eigenvalue weighted by Gasteiger charge is 2.28. The third kappa shape index (κ3) is 3.73. The molecule has 2 rings (SSSR count). The van der Waals surface area contributed by atoms with E-state index in [9.17, 15) is 9.59 Å². The summed E-state index contributed by atoms with van der Waals surface area (Å²) in [7, 11) is 1.34. The fourth-order valence-electron chi connectivity index (χ4n) is 2.73. The Bertz CT molecular complexity index is 777. The van der Waals surface area contributed by atoms with Crippen LogP contribution in [0.25, 0.3) is 0 Å². The molecule has 2 aromatic rings. The lowest BCUT2D eigenvalue weighted by Gasteiger charge is -2.28. The molecule has 1 aromatic carbocycles. The van der Waals surface area contributed by atoms with Crippen molar-refractivity contribution in [3.8, 4) is 0 Å². The van der Waals surface area contributed by atoms with Gasteiger partial charge in [-0.15, -0.1) is 0 Å². The first-order valence-corrected chi connectivity index (χ1v) is 8.23. The molecular weight excluding hydrogens is 320 g/mol. The van der Waals surface area contributed by atoms with Gasteiger partial charge in [0.25, 0.3) is 5.91 Å². The molecule has 0 radical (unpaired) electrons. The van der Waals surface area contributed by atoms with Crippen LogP contribution in [0.2, 0.25) is 0 Å². The Labute approximate surface area is 147 Å². The van der Waals surface area contributed by atoms with Crippen LogP contribution in [-0.4, -0.2) is 30.0 Å². The van der Waals surface area contributed by atoms with E-state index in [1.54, 1.807) is 23.1 Å². The van der Waals surface area contributed by atoms with Crippen LogP contribution in [0, 0.1) is 6.92 Å². The maximum Gasteiger partial charge on any atom is 0.337 e. The molecule has 0 aliphatic rings. The number of carbonyl (C=O) groups excluding carboxylic acids is 2. The number of hydrogen-bond acceptors (Lipinski definition) is 5. The van der Waals surface area contributed by atoms with Gasteiger partial charge < -0.3 is 14.1 Å². The minimum atomic E-state index is -0.407. The van der Waals surface area contributed by atoms with Gasteiger partial charge in [0, 0.05) is 17.6 Å². The molecule has 1 aromatic heterocycles. The average molecular weight is 344 g/mol. The number of esters is 1. The van der Waals surface area contributed by atoms with Gasteiger partial charge in [-0.3, -0.25) is 4.79 Å². The number of anilines is 1. The highest BCUT2D eigenvalue weighted by molar-refractivity contribution is 6.06. The molecule has 6 nitrogen and oxygen atoms in total. The van der Waals surface area contributed by atoms with E-state index in [-0.39, 0.29) is 17.9 Å². The summed E-state index contributed by atoms with van der Waals surface area (Å²) in [6.45, 7) is 9.62. The molecule has 0 spiro atoms. The third-order valence-electron chi connectivity index (χ3n) is 3.93. The fourth-order valence-corrected chi connectivity index (χ4v) is 2.73. The van der Waals surface area contributed by atoms with Crippen LogP contribution in [0.1, 0.15) is 65.8 Å². The van der Waals surface area contributed by atoms with Crippen molar-refractivity contribution in [2.45, 2.75) is 46.6 Å². The maximum absolute atomic E-state index is 13.1. The minimum Gasteiger partial charge on any atom is -0.465 e. The molecule has 25 heavy (non-hydrogen) atoms. The number of aryl methyl sites for hydroxylation is 1. The zero-order chi connectivity index (χ0) is 18.7. The van der Waals surface area contributed by atoms with Gasteiger partial charge in [-0.05, 0) is 44.5 Å². The van der Waals surface area contributed by atoms with Crippen LogP contribution in [0.15, 0.2) is 29.0 Å². The Hall–Kier alpha value is -2.63. The number of nitrogens with zero attached hydrogens (tertiary/aromatic N) is 2. The summed E-state index contributed by atoms with van der Waals surface area (Å²) in [4.78, 5) is 30.6. The number of carbonyl (C=O) groups is 2. The van der Waals surface area contributed by atoms with Crippen molar-refractivity contribution in [1.29, 1.82) is 0 Å². The SMILES string of the molecule is COC(=O)c1ccc(N(C(=O)c2ncoc2C(C)C)C(C)C)c(C)c1. The molecule has 0 atom stereocenters. The van der Waals surface area contributed by atoms with Crippen LogP contribution in [-0.2, 0) is 4.74 Å². The average Bonchev–Trinajstić information content (AvgIpc) is 3.05. The molecular formula is C19H24N2O4. The molecule has 0 saturated heterocycles. The van der Waals surface area contributed by atoms with E-state index in [0.29, 0.717) is 17.0 Å². The predicted molar refractivity (Wildman–Crippen MR) is 95.1 cm³/mol. The Morgan fingerprint density at radius 1 is 1.20 bits per heavy atom. The van der Waals surface area contributed by atoms with E-state index in [1.807, 2.05) is 34.6 Å². The second-order valence-electron chi connectivity index (χ2n) is 6.48. The van der Waals surface area contributed by atoms with E-state index >= 15 is 0 Å². The van der Waals surface area contributed by atoms with Crippen LogP contribution < -0.4 is 4.90 Å². The van der Waals surface area contributed by atoms with Crippen molar-refractivity contribution < 1.29 is 18.7 Å². The number of amides is 1. The largest absolute Gasteiger partial charge is 0.465 e. The van der Waals surface area contributed by atoms with Crippen molar-refractivity contribution in [2.75, 3.05) is 12.0 Å². The number of benzene rings is 1. The van der Waals surface area contributed by atoms with Gasteiger partial charge in [-0.2, -0.15) is 0 Å². The van der Waals surface area contributed by atoms with Crippen LogP contribution >= 0.6 is 0 Å². The van der Waals surface area contributed by atoms with Crippen LogP contribution in [0.4, 0.5) is 5.69 Å². The van der Waals surface area contributed by atoms with Crippen LogP contribution in [0.5, 0.6) is 0 Å². The molecule has 0 bridgehead atoms. The highest BCUT2D eigenvalue weighted by Crippen LogP contribution is 2.28. The molecule has 1 amide bonds. The fraction of sp³-hybridized carbons (Fsp3) is 0.421. The normalized spacial score (nSPS) is 11.0. The summed E-state index contributed by atoms with van der Waals surface area (Å²) in [5.74, 6) is -0.00483. The molecule has 0 aliphatic carbocycles. The van der Waals surface area contributed by atoms with Gasteiger partial charge in [-0.25, -0.2) is 9.78 Å². The molecule has 134 valence electrons. The summed E-state index contributed by atoms with van der Waals surface area (Å²) in [5, 5.41) is 0. The summed E-state index contributed by atoms with van der Waals surface area (Å²) in [6, 6.07) is 5.04. The Balaban J connectivity index is 2.46. The first-order chi connectivity index (χ1) is 11.8.